The molecule has 2 fully saturated rings. The number of anilines is 1. The number of carbonyl (C=O) groups excluding carboxylic acids is 1. The average molecular weight is 480 g/mol. The van der Waals surface area contributed by atoms with Crippen molar-refractivity contribution in [3.63, 3.8) is 0 Å². The normalized spacial score (nSPS) is 16.5. The Balaban J connectivity index is 1.45. The van der Waals surface area contributed by atoms with Crippen LogP contribution in [0.15, 0.2) is 47.4 Å². The molecule has 0 amide bonds. The second kappa shape index (κ2) is 9.70. The highest BCUT2D eigenvalue weighted by Gasteiger charge is 2.29. The zero-order chi connectivity index (χ0) is 24.5. The fourth-order valence-electron chi connectivity index (χ4n) is 4.65. The van der Waals surface area contributed by atoms with Gasteiger partial charge in [-0.3, -0.25) is 4.79 Å². The van der Waals surface area contributed by atoms with Crippen molar-refractivity contribution in [3.8, 4) is 5.75 Å². The number of halogens is 1. The first-order chi connectivity index (χ1) is 17.0. The highest BCUT2D eigenvalue weighted by atomic mass is 19.1. The predicted octanol–water partition coefficient (Wildman–Crippen LogP) is 3.98. The molecule has 2 aliphatic rings. The fourth-order valence-corrected chi connectivity index (χ4v) is 4.65. The van der Waals surface area contributed by atoms with Gasteiger partial charge in [0.15, 0.2) is 0 Å². The average Bonchev–Trinajstić information content (AvgIpc) is 3.73. The molecule has 5 rings (SSSR count). The highest BCUT2D eigenvalue weighted by molar-refractivity contribution is 5.94. The Morgan fingerprint density at radius 2 is 1.80 bits per heavy atom. The summed E-state index contributed by atoms with van der Waals surface area (Å²) in [5.41, 5.74) is 1.39. The number of benzene rings is 2. The summed E-state index contributed by atoms with van der Waals surface area (Å²) in [7, 11) is 1.58. The first-order valence-electron chi connectivity index (χ1n) is 12.1. The Morgan fingerprint density at radius 1 is 1.09 bits per heavy atom. The van der Waals surface area contributed by atoms with Crippen LogP contribution in [0.1, 0.15) is 41.7 Å². The number of likely N-dealkylation sites (N-methyl/N-ethyl adjacent to an activating group) is 1. The number of aromatic nitrogens is 1. The smallest absolute Gasteiger partial charge is 0.343 e. The number of nitrogens with zero attached hydrogens (tertiary/aromatic N) is 3. The van der Waals surface area contributed by atoms with E-state index >= 15 is 4.39 Å². The van der Waals surface area contributed by atoms with E-state index in [-0.39, 0.29) is 23.6 Å². The van der Waals surface area contributed by atoms with Crippen molar-refractivity contribution in [2.75, 3.05) is 44.7 Å². The Hall–Kier alpha value is -3.39. The predicted molar refractivity (Wildman–Crippen MR) is 133 cm³/mol. The molecule has 1 aliphatic carbocycles. The van der Waals surface area contributed by atoms with Crippen LogP contribution in [0.3, 0.4) is 0 Å². The van der Waals surface area contributed by atoms with Gasteiger partial charge in [-0.25, -0.2) is 9.18 Å². The van der Waals surface area contributed by atoms with Crippen molar-refractivity contribution in [2.45, 2.75) is 32.4 Å². The molecule has 2 heterocycles. The van der Waals surface area contributed by atoms with E-state index in [1.807, 2.05) is 9.47 Å². The molecule has 7 nitrogen and oxygen atoms in total. The third kappa shape index (κ3) is 4.75. The van der Waals surface area contributed by atoms with Gasteiger partial charge in [-0.15, -0.1) is 0 Å². The molecule has 35 heavy (non-hydrogen) atoms. The molecule has 1 saturated carbocycles. The quantitative estimate of drug-likeness (QED) is 0.478. The van der Waals surface area contributed by atoms with Crippen molar-refractivity contribution < 1.29 is 18.7 Å². The van der Waals surface area contributed by atoms with Crippen molar-refractivity contribution in [1.82, 2.24) is 9.47 Å². The molecule has 8 heteroatoms. The lowest BCUT2D eigenvalue weighted by atomic mass is 10.1. The van der Waals surface area contributed by atoms with Crippen LogP contribution in [0, 0.1) is 5.82 Å². The summed E-state index contributed by atoms with van der Waals surface area (Å²) in [6, 6.07) is 10.4. The molecule has 0 bridgehead atoms. The largest absolute Gasteiger partial charge is 0.497 e. The standard InChI is InChI=1S/C27H30FN3O4/c1-3-29-10-12-30(13-11-29)25-15-24-21(14-23(25)28)26(32)22(16-31(24)19-6-7-19)27(33)35-17-18-4-8-20(34-2)9-5-18/h4-5,8-9,14-16,19H,3,6-7,10-13,17H2,1-2H3. The molecule has 1 saturated heterocycles. The summed E-state index contributed by atoms with van der Waals surface area (Å²) in [4.78, 5) is 30.5. The Morgan fingerprint density at radius 3 is 2.43 bits per heavy atom. The van der Waals surface area contributed by atoms with Gasteiger partial charge in [0, 0.05) is 43.8 Å². The SMILES string of the molecule is CCN1CCN(c2cc3c(cc2F)c(=O)c(C(=O)OCc2ccc(OC)cc2)cn3C2CC2)CC1. The summed E-state index contributed by atoms with van der Waals surface area (Å²) >= 11 is 0. The van der Waals surface area contributed by atoms with Crippen LogP contribution in [0.2, 0.25) is 0 Å². The van der Waals surface area contributed by atoms with Gasteiger partial charge in [0.25, 0.3) is 0 Å². The summed E-state index contributed by atoms with van der Waals surface area (Å²) in [6.45, 7) is 6.36. The molecule has 0 unspecified atom stereocenters. The lowest BCUT2D eigenvalue weighted by molar-refractivity contribution is 0.0470. The first kappa shape index (κ1) is 23.4. The molecule has 0 atom stereocenters. The van der Waals surface area contributed by atoms with Crippen LogP contribution in [0.5, 0.6) is 5.75 Å². The van der Waals surface area contributed by atoms with E-state index in [0.717, 1.165) is 51.1 Å². The number of piperazine rings is 1. The molecule has 0 spiro atoms. The summed E-state index contributed by atoms with van der Waals surface area (Å²) in [5, 5.41) is 0.212. The fraction of sp³-hybridized carbons (Fsp3) is 0.407. The van der Waals surface area contributed by atoms with E-state index in [9.17, 15) is 9.59 Å². The topological polar surface area (TPSA) is 64.0 Å². The molecule has 3 aromatic rings. The van der Waals surface area contributed by atoms with Crippen molar-refractivity contribution in [1.29, 1.82) is 0 Å². The minimum absolute atomic E-state index is 0.0285. The maximum Gasteiger partial charge on any atom is 0.343 e. The second-order valence-corrected chi connectivity index (χ2v) is 9.18. The van der Waals surface area contributed by atoms with E-state index in [4.69, 9.17) is 9.47 Å². The van der Waals surface area contributed by atoms with Crippen molar-refractivity contribution in [3.05, 3.63) is 69.8 Å². The molecule has 1 aliphatic heterocycles. The first-order valence-corrected chi connectivity index (χ1v) is 12.1. The number of ether oxygens (including phenoxy) is 2. The van der Waals surface area contributed by atoms with Crippen LogP contribution in [-0.2, 0) is 11.3 Å². The maximum absolute atomic E-state index is 15.2. The highest BCUT2D eigenvalue weighted by Crippen LogP contribution is 2.38. The van der Waals surface area contributed by atoms with Crippen LogP contribution in [0.4, 0.5) is 10.1 Å². The van der Waals surface area contributed by atoms with E-state index in [1.165, 1.54) is 6.07 Å². The Bertz CT molecular complexity index is 1290. The van der Waals surface area contributed by atoms with Gasteiger partial charge in [0.1, 0.15) is 23.7 Å². The Labute approximate surface area is 203 Å². The van der Waals surface area contributed by atoms with Crippen molar-refractivity contribution >= 4 is 22.6 Å². The van der Waals surface area contributed by atoms with Gasteiger partial charge in [0.05, 0.1) is 18.3 Å². The molecule has 0 radical (unpaired) electrons. The molecule has 184 valence electrons. The minimum Gasteiger partial charge on any atom is -0.497 e. The van der Waals surface area contributed by atoms with Crippen LogP contribution in [0.25, 0.3) is 10.9 Å². The molecule has 2 aromatic carbocycles. The number of pyridine rings is 1. The van der Waals surface area contributed by atoms with E-state index in [1.54, 1.807) is 43.6 Å². The number of rotatable bonds is 7. The van der Waals surface area contributed by atoms with E-state index in [0.29, 0.717) is 17.0 Å². The molecule has 1 aromatic heterocycles. The van der Waals surface area contributed by atoms with Gasteiger partial charge in [-0.05, 0) is 49.2 Å². The number of hydrogen-bond donors (Lipinski definition) is 0. The van der Waals surface area contributed by atoms with Gasteiger partial charge >= 0.3 is 5.97 Å². The Kier molecular flexibility index (Phi) is 6.47. The van der Waals surface area contributed by atoms with Gasteiger partial charge in [-0.1, -0.05) is 19.1 Å². The monoisotopic (exact) mass is 479 g/mol. The summed E-state index contributed by atoms with van der Waals surface area (Å²) < 4.78 is 27.8. The van der Waals surface area contributed by atoms with Gasteiger partial charge in [-0.2, -0.15) is 0 Å². The third-order valence-corrected chi connectivity index (χ3v) is 6.95. The van der Waals surface area contributed by atoms with Crippen molar-refractivity contribution in [2.24, 2.45) is 0 Å². The van der Waals surface area contributed by atoms with Gasteiger partial charge < -0.3 is 23.8 Å². The number of hydrogen-bond acceptors (Lipinski definition) is 6. The zero-order valence-electron chi connectivity index (χ0n) is 20.1. The van der Waals surface area contributed by atoms with E-state index < -0.39 is 17.2 Å². The molecule has 0 N–H and O–H groups in total. The van der Waals surface area contributed by atoms with Crippen LogP contribution in [-0.4, -0.2) is 55.3 Å². The number of methoxy groups -OCH3 is 1. The number of carbonyl (C=O) groups is 1. The lowest BCUT2D eigenvalue weighted by Gasteiger charge is -2.35. The second-order valence-electron chi connectivity index (χ2n) is 9.18. The lowest BCUT2D eigenvalue weighted by Crippen LogP contribution is -2.46. The maximum atomic E-state index is 15.2. The minimum atomic E-state index is -0.706. The number of esters is 1. The van der Waals surface area contributed by atoms with Gasteiger partial charge in [0.2, 0.25) is 5.43 Å². The van der Waals surface area contributed by atoms with Crippen LogP contribution >= 0.6 is 0 Å². The zero-order valence-corrected chi connectivity index (χ0v) is 20.1. The summed E-state index contributed by atoms with van der Waals surface area (Å²) in [5.74, 6) is -0.441. The van der Waals surface area contributed by atoms with E-state index in [2.05, 4.69) is 11.8 Å². The summed E-state index contributed by atoms with van der Waals surface area (Å²) in [6.07, 6.45) is 3.51. The molecular weight excluding hydrogens is 449 g/mol. The van der Waals surface area contributed by atoms with Crippen LogP contribution < -0.4 is 15.1 Å². The number of fused-ring (bicyclic) bond motifs is 1. The third-order valence-electron chi connectivity index (χ3n) is 6.95. The molecular formula is C27H30FN3O4.